The molecule has 0 fully saturated rings. The molecule has 0 bridgehead atoms. The minimum atomic E-state index is -0.142. The molecule has 3 heteroatoms. The van der Waals surface area contributed by atoms with E-state index in [-0.39, 0.29) is 11.9 Å². The van der Waals surface area contributed by atoms with Crippen LogP contribution in [-0.2, 0) is 0 Å². The van der Waals surface area contributed by atoms with Gasteiger partial charge in [0.1, 0.15) is 5.82 Å². The molecule has 1 atom stereocenters. The predicted octanol–water partition coefficient (Wildman–Crippen LogP) is 4.13. The van der Waals surface area contributed by atoms with Crippen LogP contribution in [0.4, 0.5) is 4.39 Å². The zero-order valence-electron chi connectivity index (χ0n) is 10.0. The Balaban J connectivity index is 2.69. The predicted molar refractivity (Wildman–Crippen MR) is 69.3 cm³/mol. The fraction of sp³-hybridized carbons (Fsp3) is 0.538. The van der Waals surface area contributed by atoms with Gasteiger partial charge >= 0.3 is 0 Å². The van der Waals surface area contributed by atoms with Crippen LogP contribution in [0.5, 0.6) is 0 Å². The van der Waals surface area contributed by atoms with E-state index >= 15 is 0 Å². The van der Waals surface area contributed by atoms with Crippen molar-refractivity contribution in [2.75, 3.05) is 5.75 Å². The molecule has 0 heterocycles. The topological polar surface area (TPSA) is 26.0 Å². The molecule has 0 amide bonds. The summed E-state index contributed by atoms with van der Waals surface area (Å²) in [6.45, 7) is 4.06. The molecule has 1 rings (SSSR count). The van der Waals surface area contributed by atoms with E-state index in [1.165, 1.54) is 18.9 Å². The SMILES string of the molecule is CCCCCSc1c(F)cccc1[C@@H](C)N. The molecule has 1 aromatic carbocycles. The van der Waals surface area contributed by atoms with Gasteiger partial charge in [0, 0.05) is 10.9 Å². The summed E-state index contributed by atoms with van der Waals surface area (Å²) in [5, 5.41) is 0. The summed E-state index contributed by atoms with van der Waals surface area (Å²) in [7, 11) is 0. The summed E-state index contributed by atoms with van der Waals surface area (Å²) in [4.78, 5) is 0.730. The monoisotopic (exact) mass is 241 g/mol. The third-order valence-corrected chi connectivity index (χ3v) is 3.69. The second-order valence-corrected chi connectivity index (χ2v) is 5.11. The summed E-state index contributed by atoms with van der Waals surface area (Å²) in [6, 6.07) is 5.04. The van der Waals surface area contributed by atoms with Crippen LogP contribution >= 0.6 is 11.8 Å². The van der Waals surface area contributed by atoms with Crippen molar-refractivity contribution in [3.05, 3.63) is 29.6 Å². The van der Waals surface area contributed by atoms with Gasteiger partial charge in [0.05, 0.1) is 0 Å². The largest absolute Gasteiger partial charge is 0.324 e. The molecular formula is C13H20FNS. The van der Waals surface area contributed by atoms with Gasteiger partial charge < -0.3 is 5.73 Å². The highest BCUT2D eigenvalue weighted by Crippen LogP contribution is 2.30. The standard InChI is InChI=1S/C13H20FNS/c1-3-4-5-9-16-13-11(10(2)15)7-6-8-12(13)14/h6-8,10H,3-5,9,15H2,1-2H3/t10-/m1/s1. The van der Waals surface area contributed by atoms with Crippen LogP contribution in [0, 0.1) is 5.82 Å². The van der Waals surface area contributed by atoms with Crippen molar-refractivity contribution in [2.45, 2.75) is 44.0 Å². The van der Waals surface area contributed by atoms with Gasteiger partial charge in [-0.2, -0.15) is 0 Å². The van der Waals surface area contributed by atoms with Gasteiger partial charge in [-0.1, -0.05) is 31.9 Å². The molecule has 0 saturated heterocycles. The van der Waals surface area contributed by atoms with Gasteiger partial charge in [-0.25, -0.2) is 4.39 Å². The second kappa shape index (κ2) is 6.92. The molecule has 0 spiro atoms. The van der Waals surface area contributed by atoms with Crippen LogP contribution in [0.2, 0.25) is 0 Å². The Labute approximate surface area is 102 Å². The van der Waals surface area contributed by atoms with E-state index in [1.807, 2.05) is 13.0 Å². The third kappa shape index (κ3) is 3.80. The Kier molecular flexibility index (Phi) is 5.85. The van der Waals surface area contributed by atoms with E-state index in [0.717, 1.165) is 22.6 Å². The van der Waals surface area contributed by atoms with Crippen LogP contribution < -0.4 is 5.73 Å². The molecule has 0 unspecified atom stereocenters. The van der Waals surface area contributed by atoms with Gasteiger partial charge in [-0.3, -0.25) is 0 Å². The maximum atomic E-state index is 13.6. The highest BCUT2D eigenvalue weighted by molar-refractivity contribution is 7.99. The fourth-order valence-corrected chi connectivity index (χ4v) is 2.74. The number of thioether (sulfide) groups is 1. The van der Waals surface area contributed by atoms with Gasteiger partial charge in [0.15, 0.2) is 0 Å². The van der Waals surface area contributed by atoms with Crippen molar-refractivity contribution >= 4 is 11.8 Å². The number of nitrogens with two attached hydrogens (primary N) is 1. The average molecular weight is 241 g/mol. The summed E-state index contributed by atoms with van der Waals surface area (Å²) in [6.07, 6.45) is 3.53. The zero-order chi connectivity index (χ0) is 12.0. The van der Waals surface area contributed by atoms with Crippen molar-refractivity contribution in [1.82, 2.24) is 0 Å². The van der Waals surface area contributed by atoms with Gasteiger partial charge in [0.2, 0.25) is 0 Å². The normalized spacial score (nSPS) is 12.8. The van der Waals surface area contributed by atoms with Crippen molar-refractivity contribution in [3.8, 4) is 0 Å². The molecule has 16 heavy (non-hydrogen) atoms. The van der Waals surface area contributed by atoms with E-state index in [0.29, 0.717) is 0 Å². The lowest BCUT2D eigenvalue weighted by Crippen LogP contribution is -2.07. The molecule has 2 N–H and O–H groups in total. The Bertz CT molecular complexity index is 326. The summed E-state index contributed by atoms with van der Waals surface area (Å²) >= 11 is 1.59. The smallest absolute Gasteiger partial charge is 0.137 e. The summed E-state index contributed by atoms with van der Waals surface area (Å²) in [5.74, 6) is 0.824. The number of unbranched alkanes of at least 4 members (excludes halogenated alkanes) is 2. The third-order valence-electron chi connectivity index (χ3n) is 2.48. The van der Waals surface area contributed by atoms with E-state index in [1.54, 1.807) is 17.8 Å². The number of hydrogen-bond acceptors (Lipinski definition) is 2. The number of halogens is 1. The van der Waals surface area contributed by atoms with Gasteiger partial charge in [-0.15, -0.1) is 11.8 Å². The molecule has 0 aromatic heterocycles. The van der Waals surface area contributed by atoms with Crippen molar-refractivity contribution < 1.29 is 4.39 Å². The molecule has 0 radical (unpaired) electrons. The number of rotatable bonds is 6. The maximum absolute atomic E-state index is 13.6. The van der Waals surface area contributed by atoms with Crippen LogP contribution in [0.1, 0.15) is 44.7 Å². The highest BCUT2D eigenvalue weighted by atomic mass is 32.2. The second-order valence-electron chi connectivity index (χ2n) is 4.00. The molecule has 90 valence electrons. The van der Waals surface area contributed by atoms with Gasteiger partial charge in [0.25, 0.3) is 0 Å². The first-order valence-electron chi connectivity index (χ1n) is 5.83. The molecule has 1 aromatic rings. The first kappa shape index (κ1) is 13.5. The van der Waals surface area contributed by atoms with Gasteiger partial charge in [-0.05, 0) is 30.7 Å². The minimum absolute atomic E-state index is 0.107. The van der Waals surface area contributed by atoms with Crippen molar-refractivity contribution in [1.29, 1.82) is 0 Å². The van der Waals surface area contributed by atoms with E-state index in [9.17, 15) is 4.39 Å². The van der Waals surface area contributed by atoms with Crippen LogP contribution in [0.25, 0.3) is 0 Å². The van der Waals surface area contributed by atoms with E-state index in [4.69, 9.17) is 5.73 Å². The first-order chi connectivity index (χ1) is 7.66. The van der Waals surface area contributed by atoms with E-state index in [2.05, 4.69) is 6.92 Å². The minimum Gasteiger partial charge on any atom is -0.324 e. The van der Waals surface area contributed by atoms with E-state index < -0.39 is 0 Å². The summed E-state index contributed by atoms with van der Waals surface area (Å²) < 4.78 is 13.6. The molecule has 0 aliphatic heterocycles. The number of hydrogen-bond donors (Lipinski definition) is 1. The molecule has 1 nitrogen and oxygen atoms in total. The molecule has 0 aliphatic carbocycles. The average Bonchev–Trinajstić information content (AvgIpc) is 2.25. The molecular weight excluding hydrogens is 221 g/mol. The van der Waals surface area contributed by atoms with Crippen molar-refractivity contribution in [2.24, 2.45) is 5.73 Å². The Morgan fingerprint density at radius 2 is 2.12 bits per heavy atom. The zero-order valence-corrected chi connectivity index (χ0v) is 10.8. The van der Waals surface area contributed by atoms with Crippen LogP contribution in [-0.4, -0.2) is 5.75 Å². The Morgan fingerprint density at radius 1 is 1.38 bits per heavy atom. The lowest BCUT2D eigenvalue weighted by atomic mass is 10.1. The lowest BCUT2D eigenvalue weighted by Gasteiger charge is -2.12. The fourth-order valence-electron chi connectivity index (χ4n) is 1.56. The highest BCUT2D eigenvalue weighted by Gasteiger charge is 2.11. The maximum Gasteiger partial charge on any atom is 0.137 e. The molecule has 0 saturated carbocycles. The van der Waals surface area contributed by atoms with Crippen molar-refractivity contribution in [3.63, 3.8) is 0 Å². The van der Waals surface area contributed by atoms with Crippen LogP contribution in [0.15, 0.2) is 23.1 Å². The first-order valence-corrected chi connectivity index (χ1v) is 6.82. The Morgan fingerprint density at radius 3 is 2.75 bits per heavy atom. The quantitative estimate of drug-likeness (QED) is 0.598. The summed E-state index contributed by atoms with van der Waals surface area (Å²) in [5.41, 5.74) is 6.75. The molecule has 0 aliphatic rings. The lowest BCUT2D eigenvalue weighted by molar-refractivity contribution is 0.591. The number of benzene rings is 1. The van der Waals surface area contributed by atoms with Crippen LogP contribution in [0.3, 0.4) is 0 Å². The Hall–Kier alpha value is -0.540.